The van der Waals surface area contributed by atoms with E-state index in [-0.39, 0.29) is 0 Å². The number of aromatic nitrogens is 2. The number of aryl methyl sites for hydroxylation is 1. The van der Waals surface area contributed by atoms with Gasteiger partial charge in [-0.2, -0.15) is 4.98 Å². The number of carbonyl (C=O) groups is 1. The molecular formula is C12H12N2O3. The fourth-order valence-corrected chi connectivity index (χ4v) is 1.34. The molecule has 0 radical (unpaired) electrons. The molecule has 5 nitrogen and oxygen atoms in total. The molecule has 1 aromatic heterocycles. The quantitative estimate of drug-likeness (QED) is 0.759. The van der Waals surface area contributed by atoms with E-state index in [1.807, 2.05) is 6.07 Å². The maximum absolute atomic E-state index is 11.7. The molecule has 0 bridgehead atoms. The van der Waals surface area contributed by atoms with Crippen LogP contribution in [0, 0.1) is 6.92 Å². The highest BCUT2D eigenvalue weighted by Crippen LogP contribution is 2.15. The van der Waals surface area contributed by atoms with Crippen molar-refractivity contribution in [3.05, 3.63) is 47.6 Å². The second kappa shape index (κ2) is 4.78. The summed E-state index contributed by atoms with van der Waals surface area (Å²) >= 11 is 0. The molecule has 17 heavy (non-hydrogen) atoms. The Balaban J connectivity index is 2.04. The zero-order valence-electron chi connectivity index (χ0n) is 9.58. The lowest BCUT2D eigenvalue weighted by Crippen LogP contribution is -2.10. The summed E-state index contributed by atoms with van der Waals surface area (Å²) in [6.45, 7) is 3.38. The van der Waals surface area contributed by atoms with E-state index in [2.05, 4.69) is 10.1 Å². The molecule has 0 saturated heterocycles. The zero-order chi connectivity index (χ0) is 12.3. The van der Waals surface area contributed by atoms with Crippen LogP contribution in [0.2, 0.25) is 0 Å². The molecule has 0 amide bonds. The highest BCUT2D eigenvalue weighted by atomic mass is 16.5. The third kappa shape index (κ3) is 2.69. The maximum Gasteiger partial charge on any atom is 0.338 e. The lowest BCUT2D eigenvalue weighted by Gasteiger charge is -2.08. The van der Waals surface area contributed by atoms with Crippen LogP contribution in [0.4, 0.5) is 0 Å². The fraction of sp³-hybridized carbons (Fsp3) is 0.250. The average Bonchev–Trinajstić information content (AvgIpc) is 2.77. The molecule has 0 aliphatic carbocycles. The van der Waals surface area contributed by atoms with Gasteiger partial charge in [0.05, 0.1) is 5.56 Å². The van der Waals surface area contributed by atoms with Gasteiger partial charge in [0.1, 0.15) is 0 Å². The third-order valence-corrected chi connectivity index (χ3v) is 2.20. The van der Waals surface area contributed by atoms with Gasteiger partial charge in [0, 0.05) is 6.92 Å². The summed E-state index contributed by atoms with van der Waals surface area (Å²) in [5.74, 6) is 0.412. The Bertz CT molecular complexity index is 507. The summed E-state index contributed by atoms with van der Waals surface area (Å²) < 4.78 is 10.0. The van der Waals surface area contributed by atoms with Gasteiger partial charge in [0.15, 0.2) is 6.10 Å². The Morgan fingerprint density at radius 3 is 2.65 bits per heavy atom. The van der Waals surface area contributed by atoms with Crippen molar-refractivity contribution in [1.29, 1.82) is 0 Å². The SMILES string of the molecule is Cc1nc(C(C)OC(=O)c2ccccc2)no1. The van der Waals surface area contributed by atoms with Crippen molar-refractivity contribution < 1.29 is 14.1 Å². The Hall–Kier alpha value is -2.17. The number of rotatable bonds is 3. The number of carbonyl (C=O) groups excluding carboxylic acids is 1. The largest absolute Gasteiger partial charge is 0.451 e. The van der Waals surface area contributed by atoms with Gasteiger partial charge < -0.3 is 9.26 Å². The van der Waals surface area contributed by atoms with E-state index in [4.69, 9.17) is 9.26 Å². The summed E-state index contributed by atoms with van der Waals surface area (Å²) in [5, 5.41) is 3.70. The van der Waals surface area contributed by atoms with Crippen LogP contribution in [-0.4, -0.2) is 16.1 Å². The van der Waals surface area contributed by atoms with Gasteiger partial charge in [0.25, 0.3) is 0 Å². The molecule has 2 aromatic rings. The molecule has 1 aromatic carbocycles. The molecule has 2 rings (SSSR count). The summed E-state index contributed by atoms with van der Waals surface area (Å²) in [6.07, 6.45) is -0.528. The molecule has 0 fully saturated rings. The summed E-state index contributed by atoms with van der Waals surface area (Å²) in [4.78, 5) is 15.7. The van der Waals surface area contributed by atoms with Crippen LogP contribution in [0.15, 0.2) is 34.9 Å². The second-order valence-corrected chi connectivity index (χ2v) is 3.59. The highest BCUT2D eigenvalue weighted by Gasteiger charge is 2.17. The topological polar surface area (TPSA) is 65.2 Å². The van der Waals surface area contributed by atoms with E-state index in [0.717, 1.165) is 0 Å². The Kier molecular flexibility index (Phi) is 3.18. The van der Waals surface area contributed by atoms with Crippen molar-refractivity contribution in [2.75, 3.05) is 0 Å². The average molecular weight is 232 g/mol. The molecule has 1 unspecified atom stereocenters. The number of hydrogen-bond donors (Lipinski definition) is 0. The van der Waals surface area contributed by atoms with Crippen molar-refractivity contribution in [1.82, 2.24) is 10.1 Å². The second-order valence-electron chi connectivity index (χ2n) is 3.59. The van der Waals surface area contributed by atoms with Gasteiger partial charge in [0.2, 0.25) is 11.7 Å². The smallest absolute Gasteiger partial charge is 0.338 e. The Labute approximate surface area is 98.4 Å². The van der Waals surface area contributed by atoms with Gasteiger partial charge in [-0.3, -0.25) is 0 Å². The minimum Gasteiger partial charge on any atom is -0.451 e. The standard InChI is InChI=1S/C12H12N2O3/c1-8(11-13-9(2)17-14-11)16-12(15)10-6-4-3-5-7-10/h3-8H,1-2H3. The first-order valence-corrected chi connectivity index (χ1v) is 5.23. The van der Waals surface area contributed by atoms with Crippen LogP contribution in [-0.2, 0) is 4.74 Å². The first-order valence-electron chi connectivity index (χ1n) is 5.23. The lowest BCUT2D eigenvalue weighted by molar-refractivity contribution is 0.0315. The third-order valence-electron chi connectivity index (χ3n) is 2.20. The molecular weight excluding hydrogens is 220 g/mol. The predicted octanol–water partition coefficient (Wildman–Crippen LogP) is 2.30. The molecule has 88 valence electrons. The van der Waals surface area contributed by atoms with Crippen LogP contribution in [0.5, 0.6) is 0 Å². The van der Waals surface area contributed by atoms with Crippen molar-refractivity contribution >= 4 is 5.97 Å². The van der Waals surface area contributed by atoms with Gasteiger partial charge >= 0.3 is 5.97 Å². The minimum atomic E-state index is -0.528. The highest BCUT2D eigenvalue weighted by molar-refractivity contribution is 5.89. The number of esters is 1. The monoisotopic (exact) mass is 232 g/mol. The summed E-state index contributed by atoms with van der Waals surface area (Å²) in [5.41, 5.74) is 0.500. The van der Waals surface area contributed by atoms with Crippen molar-refractivity contribution in [3.8, 4) is 0 Å². The number of hydrogen-bond acceptors (Lipinski definition) is 5. The van der Waals surface area contributed by atoms with Crippen LogP contribution >= 0.6 is 0 Å². The van der Waals surface area contributed by atoms with Crippen LogP contribution < -0.4 is 0 Å². The van der Waals surface area contributed by atoms with E-state index in [0.29, 0.717) is 17.3 Å². The van der Waals surface area contributed by atoms with Crippen LogP contribution in [0.1, 0.15) is 35.1 Å². The molecule has 1 heterocycles. The van der Waals surface area contributed by atoms with E-state index < -0.39 is 12.1 Å². The molecule has 1 atom stereocenters. The zero-order valence-corrected chi connectivity index (χ0v) is 9.58. The number of ether oxygens (including phenoxy) is 1. The van der Waals surface area contributed by atoms with Gasteiger partial charge in [-0.15, -0.1) is 0 Å². The lowest BCUT2D eigenvalue weighted by atomic mass is 10.2. The van der Waals surface area contributed by atoms with Crippen LogP contribution in [0.3, 0.4) is 0 Å². The predicted molar refractivity (Wildman–Crippen MR) is 59.3 cm³/mol. The van der Waals surface area contributed by atoms with Crippen molar-refractivity contribution in [2.24, 2.45) is 0 Å². The van der Waals surface area contributed by atoms with E-state index in [1.165, 1.54) is 0 Å². The van der Waals surface area contributed by atoms with Gasteiger partial charge in [-0.25, -0.2) is 4.79 Å². The first-order chi connectivity index (χ1) is 8.16. The van der Waals surface area contributed by atoms with Crippen LogP contribution in [0.25, 0.3) is 0 Å². The van der Waals surface area contributed by atoms with E-state index >= 15 is 0 Å². The molecule has 0 spiro atoms. The minimum absolute atomic E-state index is 0.367. The Morgan fingerprint density at radius 2 is 2.06 bits per heavy atom. The Morgan fingerprint density at radius 1 is 1.35 bits per heavy atom. The maximum atomic E-state index is 11.7. The first kappa shape index (κ1) is 11.3. The van der Waals surface area contributed by atoms with Gasteiger partial charge in [-0.05, 0) is 19.1 Å². The number of benzene rings is 1. The molecule has 0 N–H and O–H groups in total. The molecule has 5 heteroatoms. The van der Waals surface area contributed by atoms with Crippen molar-refractivity contribution in [2.45, 2.75) is 20.0 Å². The summed E-state index contributed by atoms with van der Waals surface area (Å²) in [6, 6.07) is 8.77. The van der Waals surface area contributed by atoms with Crippen molar-refractivity contribution in [3.63, 3.8) is 0 Å². The normalized spacial score (nSPS) is 12.1. The van der Waals surface area contributed by atoms with Gasteiger partial charge in [-0.1, -0.05) is 23.4 Å². The molecule has 0 saturated carbocycles. The van der Waals surface area contributed by atoms with E-state index in [9.17, 15) is 4.79 Å². The molecule has 0 aliphatic rings. The van der Waals surface area contributed by atoms with E-state index in [1.54, 1.807) is 38.1 Å². The number of nitrogens with zero attached hydrogens (tertiary/aromatic N) is 2. The summed E-state index contributed by atoms with van der Waals surface area (Å²) in [7, 11) is 0. The fourth-order valence-electron chi connectivity index (χ4n) is 1.34. The molecule has 0 aliphatic heterocycles.